The van der Waals surface area contributed by atoms with E-state index in [1.165, 1.54) is 0 Å². The normalized spacial score (nSPS) is 10.2. The summed E-state index contributed by atoms with van der Waals surface area (Å²) in [4.78, 5) is 12.7. The van der Waals surface area contributed by atoms with E-state index >= 15 is 0 Å². The molecule has 98 valence electrons. The average Bonchev–Trinajstić information content (AvgIpc) is 2.78. The van der Waals surface area contributed by atoms with Crippen LogP contribution in [0.3, 0.4) is 0 Å². The summed E-state index contributed by atoms with van der Waals surface area (Å²) in [5.41, 5.74) is 7.20. The number of benzene rings is 1. The van der Waals surface area contributed by atoms with Crippen molar-refractivity contribution in [2.75, 3.05) is 5.32 Å². The first-order chi connectivity index (χ1) is 8.99. The van der Waals surface area contributed by atoms with Crippen LogP contribution in [0.25, 0.3) is 0 Å². The van der Waals surface area contributed by atoms with Crippen LogP contribution in [0, 0.1) is 6.92 Å². The lowest BCUT2D eigenvalue weighted by Gasteiger charge is -2.08. The zero-order chi connectivity index (χ0) is 14.0. The van der Waals surface area contributed by atoms with Crippen molar-refractivity contribution in [3.05, 3.63) is 39.4 Å². The number of anilines is 1. The number of aryl methyl sites for hydroxylation is 1. The molecular weight excluding hydrogens is 304 g/mol. The summed E-state index contributed by atoms with van der Waals surface area (Å²) in [6.07, 6.45) is 0. The molecular formula is C11H9ClN4OS2. The third-order valence-electron chi connectivity index (χ3n) is 2.36. The Morgan fingerprint density at radius 3 is 2.84 bits per heavy atom. The molecule has 0 aliphatic carbocycles. The highest BCUT2D eigenvalue weighted by molar-refractivity contribution is 7.80. The number of nitrogens with one attached hydrogen (secondary N) is 1. The first kappa shape index (κ1) is 13.9. The molecule has 19 heavy (non-hydrogen) atoms. The smallest absolute Gasteiger partial charge is 0.269 e. The lowest BCUT2D eigenvalue weighted by Crippen LogP contribution is -2.14. The fourth-order valence-electron chi connectivity index (χ4n) is 1.39. The van der Waals surface area contributed by atoms with Crippen molar-refractivity contribution in [1.29, 1.82) is 0 Å². The van der Waals surface area contributed by atoms with E-state index in [0.717, 1.165) is 11.5 Å². The topological polar surface area (TPSA) is 80.9 Å². The Morgan fingerprint density at radius 2 is 2.26 bits per heavy atom. The molecule has 0 aliphatic heterocycles. The lowest BCUT2D eigenvalue weighted by atomic mass is 10.2. The summed E-state index contributed by atoms with van der Waals surface area (Å²) < 4.78 is 3.71. The van der Waals surface area contributed by atoms with E-state index in [2.05, 4.69) is 14.9 Å². The number of carbonyl (C=O) groups is 1. The van der Waals surface area contributed by atoms with Crippen LogP contribution in [0.15, 0.2) is 18.2 Å². The van der Waals surface area contributed by atoms with Gasteiger partial charge in [0.15, 0.2) is 0 Å². The minimum absolute atomic E-state index is 0.239. The van der Waals surface area contributed by atoms with Crippen LogP contribution in [0.1, 0.15) is 20.9 Å². The molecule has 3 N–H and O–H groups in total. The van der Waals surface area contributed by atoms with Gasteiger partial charge in [-0.2, -0.15) is 0 Å². The van der Waals surface area contributed by atoms with Crippen molar-refractivity contribution in [3.63, 3.8) is 0 Å². The number of thiocarbonyl (C=S) groups is 1. The monoisotopic (exact) mass is 312 g/mol. The number of nitrogens with two attached hydrogens (primary N) is 1. The molecule has 0 saturated carbocycles. The maximum atomic E-state index is 12.0. The Hall–Kier alpha value is -1.57. The number of nitrogens with zero attached hydrogens (tertiary/aromatic N) is 2. The molecule has 0 radical (unpaired) electrons. The highest BCUT2D eigenvalue weighted by Gasteiger charge is 2.15. The van der Waals surface area contributed by atoms with E-state index < -0.39 is 0 Å². The molecule has 0 bridgehead atoms. The van der Waals surface area contributed by atoms with Gasteiger partial charge in [0.05, 0.1) is 16.4 Å². The fourth-order valence-corrected chi connectivity index (χ4v) is 2.24. The van der Waals surface area contributed by atoms with Crippen LogP contribution in [-0.2, 0) is 0 Å². The van der Waals surface area contributed by atoms with Gasteiger partial charge < -0.3 is 11.1 Å². The van der Waals surface area contributed by atoms with Crippen LogP contribution in [-0.4, -0.2) is 20.5 Å². The van der Waals surface area contributed by atoms with Crippen LogP contribution < -0.4 is 11.1 Å². The predicted octanol–water partition coefficient (Wildman–Crippen LogP) is 2.39. The molecule has 1 heterocycles. The first-order valence-corrected chi connectivity index (χ1v) is 6.74. The molecule has 0 aliphatic rings. The number of rotatable bonds is 3. The SMILES string of the molecule is Cc1nnsc1C(=O)Nc1cc(C(N)=S)ccc1Cl. The van der Waals surface area contributed by atoms with E-state index in [4.69, 9.17) is 29.6 Å². The van der Waals surface area contributed by atoms with Crippen molar-refractivity contribution in [2.24, 2.45) is 5.73 Å². The van der Waals surface area contributed by atoms with Gasteiger partial charge in [-0.15, -0.1) is 5.10 Å². The number of halogens is 1. The van der Waals surface area contributed by atoms with Gasteiger partial charge in [0, 0.05) is 5.56 Å². The van der Waals surface area contributed by atoms with Crippen LogP contribution in [0.4, 0.5) is 5.69 Å². The van der Waals surface area contributed by atoms with E-state index in [1.54, 1.807) is 25.1 Å². The molecule has 2 rings (SSSR count). The second-order valence-corrected chi connectivity index (χ2v) is 5.30. The van der Waals surface area contributed by atoms with Gasteiger partial charge in [0.25, 0.3) is 5.91 Å². The Morgan fingerprint density at radius 1 is 1.53 bits per heavy atom. The van der Waals surface area contributed by atoms with Gasteiger partial charge in [0.2, 0.25) is 0 Å². The van der Waals surface area contributed by atoms with Crippen molar-refractivity contribution in [3.8, 4) is 0 Å². The number of aromatic nitrogens is 2. The molecule has 0 unspecified atom stereocenters. The molecule has 8 heteroatoms. The maximum absolute atomic E-state index is 12.0. The van der Waals surface area contributed by atoms with Gasteiger partial charge in [0.1, 0.15) is 9.87 Å². The Bertz CT molecular complexity index is 656. The van der Waals surface area contributed by atoms with Gasteiger partial charge in [-0.1, -0.05) is 34.4 Å². The number of hydrogen-bond acceptors (Lipinski definition) is 5. The molecule has 2 aromatic rings. The quantitative estimate of drug-likeness (QED) is 0.851. The van der Waals surface area contributed by atoms with Crippen molar-refractivity contribution in [2.45, 2.75) is 6.92 Å². The highest BCUT2D eigenvalue weighted by Crippen LogP contribution is 2.24. The van der Waals surface area contributed by atoms with E-state index in [0.29, 0.717) is 26.8 Å². The minimum atomic E-state index is -0.311. The largest absolute Gasteiger partial charge is 0.389 e. The first-order valence-electron chi connectivity index (χ1n) is 5.18. The van der Waals surface area contributed by atoms with Crippen molar-refractivity contribution in [1.82, 2.24) is 9.59 Å². The van der Waals surface area contributed by atoms with Gasteiger partial charge >= 0.3 is 0 Å². The van der Waals surface area contributed by atoms with Crippen LogP contribution >= 0.6 is 35.4 Å². The van der Waals surface area contributed by atoms with Gasteiger partial charge in [-0.05, 0) is 30.6 Å². The fraction of sp³-hybridized carbons (Fsp3) is 0.0909. The number of carbonyl (C=O) groups excluding carboxylic acids is 1. The lowest BCUT2D eigenvalue weighted by molar-refractivity contribution is 0.103. The van der Waals surface area contributed by atoms with Crippen LogP contribution in [0.2, 0.25) is 5.02 Å². The molecule has 0 atom stereocenters. The van der Waals surface area contributed by atoms with Gasteiger partial charge in [-0.3, -0.25) is 4.79 Å². The molecule has 1 aromatic carbocycles. The van der Waals surface area contributed by atoms with E-state index in [-0.39, 0.29) is 10.9 Å². The highest BCUT2D eigenvalue weighted by atomic mass is 35.5. The summed E-state index contributed by atoms with van der Waals surface area (Å²) in [7, 11) is 0. The van der Waals surface area contributed by atoms with Crippen LogP contribution in [0.5, 0.6) is 0 Å². The Balaban J connectivity index is 2.28. The molecule has 1 aromatic heterocycles. The van der Waals surface area contributed by atoms with Gasteiger partial charge in [-0.25, -0.2) is 0 Å². The number of amides is 1. The van der Waals surface area contributed by atoms with Crippen molar-refractivity contribution >= 4 is 51.9 Å². The number of hydrogen-bond donors (Lipinski definition) is 2. The molecule has 5 nitrogen and oxygen atoms in total. The summed E-state index contributed by atoms with van der Waals surface area (Å²) in [6.45, 7) is 1.71. The second-order valence-electron chi connectivity index (χ2n) is 3.70. The molecule has 1 amide bonds. The Kier molecular flexibility index (Phi) is 4.08. The third-order valence-corrected chi connectivity index (χ3v) is 3.75. The van der Waals surface area contributed by atoms with E-state index in [1.807, 2.05) is 0 Å². The summed E-state index contributed by atoms with van der Waals surface area (Å²) >= 11 is 11.9. The Labute approximate surface area is 123 Å². The molecule has 0 fully saturated rings. The molecule has 0 saturated heterocycles. The average molecular weight is 313 g/mol. The molecule has 0 spiro atoms. The summed E-state index contributed by atoms with van der Waals surface area (Å²) in [5, 5.41) is 6.88. The second kappa shape index (κ2) is 5.60. The standard InChI is InChI=1S/C11H9ClN4OS2/c1-5-9(19-16-15-5)11(17)14-8-4-6(10(13)18)2-3-7(8)12/h2-4H,1H3,(H2,13,18)(H,14,17). The summed E-state index contributed by atoms with van der Waals surface area (Å²) in [5.74, 6) is -0.311. The van der Waals surface area contributed by atoms with E-state index in [9.17, 15) is 4.79 Å². The predicted molar refractivity (Wildman–Crippen MR) is 79.9 cm³/mol. The maximum Gasteiger partial charge on any atom is 0.269 e. The summed E-state index contributed by atoms with van der Waals surface area (Å²) in [6, 6.07) is 4.95. The zero-order valence-electron chi connectivity index (χ0n) is 9.81. The third kappa shape index (κ3) is 3.06. The van der Waals surface area contributed by atoms with Crippen molar-refractivity contribution < 1.29 is 4.79 Å². The zero-order valence-corrected chi connectivity index (χ0v) is 12.2. The minimum Gasteiger partial charge on any atom is -0.389 e.